The average molecular weight is 366 g/mol. The quantitative estimate of drug-likeness (QED) is 0.861. The molecule has 6 heteroatoms. The first-order chi connectivity index (χ1) is 9.85. The Labute approximate surface area is 136 Å². The molecular weight excluding hydrogens is 350 g/mol. The van der Waals surface area contributed by atoms with Crippen molar-refractivity contribution in [2.45, 2.75) is 33.7 Å². The standard InChI is InChI=1S/C15H16BrN3OS/c1-8(2)19-7-11(16)5-13(19)14(20)18-15-12(6-17)9(3)10(4)21-15/h5,7-8H,1-4H3,(H,18,20). The van der Waals surface area contributed by atoms with E-state index in [1.807, 2.05) is 38.5 Å². The SMILES string of the molecule is Cc1sc(NC(=O)c2cc(Br)cn2C(C)C)c(C#N)c1C. The molecule has 0 atom stereocenters. The van der Waals surface area contributed by atoms with E-state index in [2.05, 4.69) is 27.3 Å². The smallest absolute Gasteiger partial charge is 0.272 e. The lowest BCUT2D eigenvalue weighted by atomic mass is 10.2. The number of amides is 1. The lowest BCUT2D eigenvalue weighted by Gasteiger charge is -2.12. The molecule has 1 amide bonds. The Balaban J connectivity index is 2.35. The minimum Gasteiger partial charge on any atom is -0.340 e. The van der Waals surface area contributed by atoms with E-state index in [1.54, 1.807) is 6.07 Å². The molecule has 4 nitrogen and oxygen atoms in total. The van der Waals surface area contributed by atoms with Crippen LogP contribution in [0.15, 0.2) is 16.7 Å². The average Bonchev–Trinajstić information content (AvgIpc) is 2.92. The number of nitrogens with zero attached hydrogens (tertiary/aromatic N) is 2. The number of aryl methyl sites for hydroxylation is 1. The van der Waals surface area contributed by atoms with Crippen LogP contribution in [0.2, 0.25) is 0 Å². The molecule has 0 saturated heterocycles. The molecule has 2 rings (SSSR count). The van der Waals surface area contributed by atoms with Crippen LogP contribution in [0.4, 0.5) is 5.00 Å². The molecule has 110 valence electrons. The number of aromatic nitrogens is 1. The van der Waals surface area contributed by atoms with Gasteiger partial charge in [-0.1, -0.05) is 0 Å². The molecule has 21 heavy (non-hydrogen) atoms. The molecule has 0 aromatic carbocycles. The van der Waals surface area contributed by atoms with Crippen molar-refractivity contribution in [1.82, 2.24) is 4.57 Å². The van der Waals surface area contributed by atoms with Crippen molar-refractivity contribution >= 4 is 38.2 Å². The van der Waals surface area contributed by atoms with Crippen LogP contribution in [-0.2, 0) is 0 Å². The fourth-order valence-electron chi connectivity index (χ4n) is 2.07. The number of hydrogen-bond donors (Lipinski definition) is 1. The van der Waals surface area contributed by atoms with Gasteiger partial charge in [-0.2, -0.15) is 5.26 Å². The van der Waals surface area contributed by atoms with Crippen LogP contribution in [-0.4, -0.2) is 10.5 Å². The second-order valence-electron chi connectivity index (χ2n) is 5.10. The highest BCUT2D eigenvalue weighted by atomic mass is 79.9. The van der Waals surface area contributed by atoms with E-state index in [4.69, 9.17) is 0 Å². The molecule has 1 N–H and O–H groups in total. The van der Waals surface area contributed by atoms with Crippen molar-refractivity contribution in [3.63, 3.8) is 0 Å². The highest BCUT2D eigenvalue weighted by Gasteiger charge is 2.19. The van der Waals surface area contributed by atoms with Gasteiger partial charge >= 0.3 is 0 Å². The molecule has 2 heterocycles. The first kappa shape index (κ1) is 15.8. The molecule has 2 aromatic rings. The zero-order chi connectivity index (χ0) is 15.7. The maximum absolute atomic E-state index is 12.5. The van der Waals surface area contributed by atoms with Gasteiger partial charge in [0.15, 0.2) is 0 Å². The molecule has 2 aromatic heterocycles. The number of carbonyl (C=O) groups is 1. The van der Waals surface area contributed by atoms with Gasteiger partial charge in [0.25, 0.3) is 5.91 Å². The summed E-state index contributed by atoms with van der Waals surface area (Å²) in [6, 6.07) is 4.13. The number of nitrogens with one attached hydrogen (secondary N) is 1. The third kappa shape index (κ3) is 3.04. The molecule has 0 radical (unpaired) electrons. The van der Waals surface area contributed by atoms with E-state index in [0.29, 0.717) is 16.3 Å². The molecule has 0 saturated carbocycles. The summed E-state index contributed by atoms with van der Waals surface area (Å²) in [5.41, 5.74) is 2.05. The molecule has 0 bridgehead atoms. The van der Waals surface area contributed by atoms with Gasteiger partial charge in [-0.05, 0) is 55.3 Å². The van der Waals surface area contributed by atoms with E-state index in [-0.39, 0.29) is 11.9 Å². The predicted molar refractivity (Wildman–Crippen MR) is 89.0 cm³/mol. The van der Waals surface area contributed by atoms with Crippen molar-refractivity contribution in [1.29, 1.82) is 5.26 Å². The maximum atomic E-state index is 12.5. The van der Waals surface area contributed by atoms with Crippen molar-refractivity contribution in [2.75, 3.05) is 5.32 Å². The second kappa shape index (κ2) is 6.04. The Bertz CT molecular complexity index is 737. The van der Waals surface area contributed by atoms with Gasteiger partial charge in [0.2, 0.25) is 0 Å². The number of halogens is 1. The van der Waals surface area contributed by atoms with Crippen LogP contribution in [0.1, 0.15) is 46.4 Å². The van der Waals surface area contributed by atoms with Gasteiger partial charge < -0.3 is 9.88 Å². The number of hydrogen-bond acceptors (Lipinski definition) is 3. The third-order valence-electron chi connectivity index (χ3n) is 3.33. The summed E-state index contributed by atoms with van der Waals surface area (Å²) >= 11 is 4.83. The number of thiophene rings is 1. The van der Waals surface area contributed by atoms with Crippen LogP contribution < -0.4 is 5.32 Å². The van der Waals surface area contributed by atoms with Crippen molar-refractivity contribution in [3.8, 4) is 6.07 Å². The molecule has 0 unspecified atom stereocenters. The van der Waals surface area contributed by atoms with E-state index in [9.17, 15) is 10.1 Å². The summed E-state index contributed by atoms with van der Waals surface area (Å²) in [4.78, 5) is 13.5. The molecule has 0 aliphatic heterocycles. The number of rotatable bonds is 3. The van der Waals surface area contributed by atoms with E-state index >= 15 is 0 Å². The van der Waals surface area contributed by atoms with Gasteiger partial charge in [0.05, 0.1) is 5.56 Å². The second-order valence-corrected chi connectivity index (χ2v) is 7.24. The first-order valence-corrected chi connectivity index (χ1v) is 8.15. The van der Waals surface area contributed by atoms with Crippen LogP contribution in [0.5, 0.6) is 0 Å². The summed E-state index contributed by atoms with van der Waals surface area (Å²) in [6.45, 7) is 7.88. The fraction of sp³-hybridized carbons (Fsp3) is 0.333. The van der Waals surface area contributed by atoms with Gasteiger partial charge in [-0.15, -0.1) is 11.3 Å². The molecule has 0 aliphatic carbocycles. The Morgan fingerprint density at radius 1 is 1.48 bits per heavy atom. The summed E-state index contributed by atoms with van der Waals surface area (Å²) in [7, 11) is 0. The van der Waals surface area contributed by atoms with Crippen LogP contribution >= 0.6 is 27.3 Å². The number of nitriles is 1. The zero-order valence-corrected chi connectivity index (χ0v) is 14.7. The summed E-state index contributed by atoms with van der Waals surface area (Å²) in [6.07, 6.45) is 1.88. The van der Waals surface area contributed by atoms with Crippen molar-refractivity contribution < 1.29 is 4.79 Å². The normalized spacial score (nSPS) is 10.7. The van der Waals surface area contributed by atoms with E-state index < -0.39 is 0 Å². The van der Waals surface area contributed by atoms with Crippen LogP contribution in [0.3, 0.4) is 0 Å². The van der Waals surface area contributed by atoms with Crippen LogP contribution in [0, 0.1) is 25.2 Å². The minimum absolute atomic E-state index is 0.180. The Kier molecular flexibility index (Phi) is 4.55. The highest BCUT2D eigenvalue weighted by Crippen LogP contribution is 2.32. The highest BCUT2D eigenvalue weighted by molar-refractivity contribution is 9.10. The van der Waals surface area contributed by atoms with Crippen LogP contribution in [0.25, 0.3) is 0 Å². The minimum atomic E-state index is -0.202. The first-order valence-electron chi connectivity index (χ1n) is 6.54. The Hall–Kier alpha value is -1.58. The number of anilines is 1. The van der Waals surface area contributed by atoms with Gasteiger partial charge in [-0.3, -0.25) is 4.79 Å². The molecular formula is C15H16BrN3OS. The van der Waals surface area contributed by atoms with E-state index in [1.165, 1.54) is 11.3 Å². The predicted octanol–water partition coefficient (Wildman–Crippen LogP) is 4.63. The van der Waals surface area contributed by atoms with Crippen molar-refractivity contribution in [3.05, 3.63) is 38.4 Å². The van der Waals surface area contributed by atoms with E-state index in [0.717, 1.165) is 14.9 Å². The topological polar surface area (TPSA) is 57.8 Å². The summed E-state index contributed by atoms with van der Waals surface area (Å²) in [5.74, 6) is -0.202. The van der Waals surface area contributed by atoms with Gasteiger partial charge in [0.1, 0.15) is 16.8 Å². The summed E-state index contributed by atoms with van der Waals surface area (Å²) in [5, 5.41) is 12.7. The molecule has 0 fully saturated rings. The largest absolute Gasteiger partial charge is 0.340 e. The van der Waals surface area contributed by atoms with Crippen molar-refractivity contribution in [2.24, 2.45) is 0 Å². The summed E-state index contributed by atoms with van der Waals surface area (Å²) < 4.78 is 2.76. The Morgan fingerprint density at radius 3 is 2.71 bits per heavy atom. The monoisotopic (exact) mass is 365 g/mol. The van der Waals surface area contributed by atoms with Gasteiger partial charge in [0, 0.05) is 21.6 Å². The lowest BCUT2D eigenvalue weighted by Crippen LogP contribution is -2.17. The fourth-order valence-corrected chi connectivity index (χ4v) is 3.51. The van der Waals surface area contributed by atoms with Gasteiger partial charge in [-0.25, -0.2) is 0 Å². The lowest BCUT2D eigenvalue weighted by molar-refractivity contribution is 0.101. The number of carbonyl (C=O) groups excluding carboxylic acids is 1. The molecule has 0 aliphatic rings. The Morgan fingerprint density at radius 2 is 2.14 bits per heavy atom. The maximum Gasteiger partial charge on any atom is 0.272 e. The third-order valence-corrected chi connectivity index (χ3v) is 4.88. The zero-order valence-electron chi connectivity index (χ0n) is 12.3. The molecule has 0 spiro atoms.